The lowest BCUT2D eigenvalue weighted by Gasteiger charge is -2.05. The highest BCUT2D eigenvalue weighted by molar-refractivity contribution is 5.69. The number of nitrogens with zero attached hydrogens (tertiary/aromatic N) is 2. The molecule has 0 spiro atoms. The monoisotopic (exact) mass is 246 g/mol. The molecule has 1 aromatic carbocycles. The largest absolute Gasteiger partial charge is 0.424 e. The smallest absolute Gasteiger partial charge is 0.308 e. The fraction of sp³-hybridized carbons (Fsp3) is 0.154. The Hall–Kier alpha value is -2.30. The number of hydrogen-bond donors (Lipinski definition) is 0. The topological polar surface area (TPSA) is 52.1 Å². The molecule has 0 saturated carbocycles. The molecular formula is C13H11FN2O2. The number of ether oxygens (including phenoxy) is 1. The van der Waals surface area contributed by atoms with Crippen LogP contribution in [0, 0.1) is 12.7 Å². The van der Waals surface area contributed by atoms with Crippen molar-refractivity contribution in [3.8, 4) is 17.1 Å². The van der Waals surface area contributed by atoms with Crippen LogP contribution in [0.4, 0.5) is 4.39 Å². The minimum atomic E-state index is -0.619. The van der Waals surface area contributed by atoms with Crippen LogP contribution >= 0.6 is 0 Å². The Labute approximate surface area is 103 Å². The summed E-state index contributed by atoms with van der Waals surface area (Å²) in [6, 6.07) is 4.23. The molecule has 0 N–H and O–H groups in total. The van der Waals surface area contributed by atoms with Gasteiger partial charge in [0.1, 0.15) is 0 Å². The molecule has 0 aliphatic rings. The molecule has 1 aromatic heterocycles. The van der Waals surface area contributed by atoms with Crippen molar-refractivity contribution in [2.45, 2.75) is 13.8 Å². The second-order valence-corrected chi connectivity index (χ2v) is 3.82. The van der Waals surface area contributed by atoms with Crippen molar-refractivity contribution < 1.29 is 13.9 Å². The van der Waals surface area contributed by atoms with Gasteiger partial charge in [-0.1, -0.05) is 0 Å². The zero-order valence-electron chi connectivity index (χ0n) is 9.98. The van der Waals surface area contributed by atoms with Crippen LogP contribution in [0.15, 0.2) is 30.6 Å². The number of hydrogen-bond acceptors (Lipinski definition) is 4. The maximum Gasteiger partial charge on any atom is 0.308 e. The number of rotatable bonds is 2. The molecule has 0 bridgehead atoms. The molecular weight excluding hydrogens is 235 g/mol. The molecule has 2 aromatic rings. The number of benzene rings is 1. The molecule has 4 nitrogen and oxygen atoms in total. The van der Waals surface area contributed by atoms with Gasteiger partial charge in [-0.05, 0) is 30.7 Å². The van der Waals surface area contributed by atoms with Gasteiger partial charge in [0, 0.05) is 24.9 Å². The summed E-state index contributed by atoms with van der Waals surface area (Å²) < 4.78 is 18.3. The molecule has 1 heterocycles. The molecule has 0 radical (unpaired) electrons. The van der Waals surface area contributed by atoms with Crippen molar-refractivity contribution in [1.82, 2.24) is 9.97 Å². The van der Waals surface area contributed by atoms with E-state index in [0.29, 0.717) is 11.4 Å². The second kappa shape index (κ2) is 4.91. The normalized spacial score (nSPS) is 10.2. The Balaban J connectivity index is 2.33. The number of aromatic nitrogens is 2. The van der Waals surface area contributed by atoms with Gasteiger partial charge < -0.3 is 4.74 Å². The summed E-state index contributed by atoms with van der Waals surface area (Å²) in [6.45, 7) is 3.09. The zero-order valence-corrected chi connectivity index (χ0v) is 9.98. The number of aryl methyl sites for hydroxylation is 1. The van der Waals surface area contributed by atoms with Gasteiger partial charge in [-0.25, -0.2) is 14.4 Å². The second-order valence-electron chi connectivity index (χ2n) is 3.82. The maximum absolute atomic E-state index is 13.6. The lowest BCUT2D eigenvalue weighted by molar-refractivity contribution is -0.132. The SMILES string of the molecule is CC(=O)Oc1ccc(-c2ncc(C)cn2)cc1F. The van der Waals surface area contributed by atoms with Crippen molar-refractivity contribution in [3.63, 3.8) is 0 Å². The van der Waals surface area contributed by atoms with Gasteiger partial charge in [0.15, 0.2) is 17.4 Å². The molecule has 0 saturated heterocycles. The van der Waals surface area contributed by atoms with Gasteiger partial charge in [-0.3, -0.25) is 4.79 Å². The van der Waals surface area contributed by atoms with E-state index in [4.69, 9.17) is 4.74 Å². The van der Waals surface area contributed by atoms with E-state index in [9.17, 15) is 9.18 Å². The first kappa shape index (κ1) is 12.2. The molecule has 2 rings (SSSR count). The lowest BCUT2D eigenvalue weighted by atomic mass is 10.2. The summed E-state index contributed by atoms with van der Waals surface area (Å²) in [7, 11) is 0. The summed E-state index contributed by atoms with van der Waals surface area (Å²) in [5.41, 5.74) is 1.46. The average Bonchev–Trinajstić information content (AvgIpc) is 2.32. The van der Waals surface area contributed by atoms with Gasteiger partial charge in [0.2, 0.25) is 0 Å². The van der Waals surface area contributed by atoms with Crippen molar-refractivity contribution >= 4 is 5.97 Å². The summed E-state index contributed by atoms with van der Waals surface area (Å²) in [5.74, 6) is -0.854. The molecule has 0 atom stereocenters. The highest BCUT2D eigenvalue weighted by atomic mass is 19.1. The average molecular weight is 246 g/mol. The summed E-state index contributed by atoms with van der Waals surface area (Å²) in [5, 5.41) is 0. The fourth-order valence-corrected chi connectivity index (χ4v) is 1.42. The van der Waals surface area contributed by atoms with Crippen molar-refractivity contribution in [3.05, 3.63) is 42.0 Å². The van der Waals surface area contributed by atoms with E-state index in [2.05, 4.69) is 9.97 Å². The van der Waals surface area contributed by atoms with Gasteiger partial charge in [-0.15, -0.1) is 0 Å². The van der Waals surface area contributed by atoms with E-state index in [-0.39, 0.29) is 5.75 Å². The van der Waals surface area contributed by atoms with Crippen LogP contribution in [0.5, 0.6) is 5.75 Å². The first-order valence-corrected chi connectivity index (χ1v) is 5.33. The van der Waals surface area contributed by atoms with E-state index in [1.54, 1.807) is 18.5 Å². The maximum atomic E-state index is 13.6. The summed E-state index contributed by atoms with van der Waals surface area (Å²) in [6.07, 6.45) is 3.31. The van der Waals surface area contributed by atoms with E-state index >= 15 is 0 Å². The number of carbonyl (C=O) groups excluding carboxylic acids is 1. The standard InChI is InChI=1S/C13H11FN2O2/c1-8-6-15-13(16-7-8)10-3-4-12(11(14)5-10)18-9(2)17/h3-7H,1-2H3. The summed E-state index contributed by atoms with van der Waals surface area (Å²) in [4.78, 5) is 18.9. The molecule has 92 valence electrons. The van der Waals surface area contributed by atoms with E-state index in [1.165, 1.54) is 19.1 Å². The highest BCUT2D eigenvalue weighted by Crippen LogP contribution is 2.23. The van der Waals surface area contributed by atoms with E-state index in [1.807, 2.05) is 6.92 Å². The predicted molar refractivity (Wildman–Crippen MR) is 63.5 cm³/mol. The van der Waals surface area contributed by atoms with E-state index in [0.717, 1.165) is 5.56 Å². The quantitative estimate of drug-likeness (QED) is 0.603. The Morgan fingerprint density at radius 1 is 1.28 bits per heavy atom. The van der Waals surface area contributed by atoms with Crippen LogP contribution in [-0.2, 0) is 4.79 Å². The molecule has 0 aliphatic heterocycles. The first-order valence-electron chi connectivity index (χ1n) is 5.33. The Kier molecular flexibility index (Phi) is 3.32. The molecule has 0 aliphatic carbocycles. The third-order valence-corrected chi connectivity index (χ3v) is 2.22. The minimum absolute atomic E-state index is 0.0987. The van der Waals surface area contributed by atoms with E-state index < -0.39 is 11.8 Å². The molecule has 5 heteroatoms. The highest BCUT2D eigenvalue weighted by Gasteiger charge is 2.09. The zero-order chi connectivity index (χ0) is 13.1. The molecule has 0 unspecified atom stereocenters. The number of esters is 1. The number of halogens is 1. The first-order chi connectivity index (χ1) is 8.56. The van der Waals surface area contributed by atoms with Gasteiger partial charge in [0.25, 0.3) is 0 Å². The van der Waals surface area contributed by atoms with Crippen molar-refractivity contribution in [1.29, 1.82) is 0 Å². The predicted octanol–water partition coefficient (Wildman–Crippen LogP) is 2.52. The molecule has 0 fully saturated rings. The van der Waals surface area contributed by atoms with Crippen LogP contribution < -0.4 is 4.74 Å². The lowest BCUT2D eigenvalue weighted by Crippen LogP contribution is -2.03. The van der Waals surface area contributed by atoms with Crippen LogP contribution in [0.2, 0.25) is 0 Å². The minimum Gasteiger partial charge on any atom is -0.424 e. The van der Waals surface area contributed by atoms with Gasteiger partial charge in [-0.2, -0.15) is 0 Å². The fourth-order valence-electron chi connectivity index (χ4n) is 1.42. The summed E-state index contributed by atoms with van der Waals surface area (Å²) >= 11 is 0. The van der Waals surface area contributed by atoms with Gasteiger partial charge in [0.05, 0.1) is 0 Å². The number of carbonyl (C=O) groups is 1. The van der Waals surface area contributed by atoms with Crippen LogP contribution in [0.1, 0.15) is 12.5 Å². The van der Waals surface area contributed by atoms with Gasteiger partial charge >= 0.3 is 5.97 Å². The van der Waals surface area contributed by atoms with Crippen LogP contribution in [0.3, 0.4) is 0 Å². The Morgan fingerprint density at radius 3 is 2.50 bits per heavy atom. The van der Waals surface area contributed by atoms with Crippen LogP contribution in [-0.4, -0.2) is 15.9 Å². The Bertz CT molecular complexity index is 582. The molecule has 18 heavy (non-hydrogen) atoms. The van der Waals surface area contributed by atoms with Crippen molar-refractivity contribution in [2.75, 3.05) is 0 Å². The molecule has 0 amide bonds. The Morgan fingerprint density at radius 2 is 1.94 bits per heavy atom. The third kappa shape index (κ3) is 2.68. The van der Waals surface area contributed by atoms with Crippen molar-refractivity contribution in [2.24, 2.45) is 0 Å². The third-order valence-electron chi connectivity index (χ3n) is 2.22. The van der Waals surface area contributed by atoms with Crippen LogP contribution in [0.25, 0.3) is 11.4 Å².